The quantitative estimate of drug-likeness (QED) is 0.860. The van der Waals surface area contributed by atoms with Gasteiger partial charge in [0.05, 0.1) is 0 Å². The first-order chi connectivity index (χ1) is 12.1. The molecular formula is C20H18NO4-. The van der Waals surface area contributed by atoms with Crippen LogP contribution in [-0.2, 0) is 9.53 Å². The Morgan fingerprint density at radius 1 is 1.04 bits per heavy atom. The first-order valence-corrected chi connectivity index (χ1v) is 8.46. The van der Waals surface area contributed by atoms with Gasteiger partial charge in [-0.15, -0.1) is 0 Å². The number of fused-ring (bicyclic) bond motifs is 3. The second-order valence-corrected chi connectivity index (χ2v) is 6.55. The molecule has 2 aliphatic rings. The summed E-state index contributed by atoms with van der Waals surface area (Å²) in [7, 11) is 0. The maximum absolute atomic E-state index is 12.3. The third kappa shape index (κ3) is 2.76. The monoisotopic (exact) mass is 336 g/mol. The normalized spacial score (nSPS) is 18.7. The SMILES string of the molecule is O=C([O-])[C@H]1CCN(C(=O)OCC2c3ccccc3-c3ccccc32)C1. The minimum Gasteiger partial charge on any atom is -0.550 e. The first-order valence-electron chi connectivity index (χ1n) is 8.46. The largest absolute Gasteiger partial charge is 0.550 e. The van der Waals surface area contributed by atoms with Crippen LogP contribution in [0.2, 0.25) is 0 Å². The average Bonchev–Trinajstić information content (AvgIpc) is 3.24. The number of benzene rings is 2. The van der Waals surface area contributed by atoms with Crippen LogP contribution >= 0.6 is 0 Å². The molecule has 0 spiro atoms. The summed E-state index contributed by atoms with van der Waals surface area (Å²) in [5, 5.41) is 10.9. The van der Waals surface area contributed by atoms with Crippen LogP contribution < -0.4 is 5.11 Å². The lowest BCUT2D eigenvalue weighted by Crippen LogP contribution is -2.35. The molecule has 1 amide bonds. The van der Waals surface area contributed by atoms with E-state index in [-0.39, 0.29) is 19.1 Å². The summed E-state index contributed by atoms with van der Waals surface area (Å²) >= 11 is 0. The number of nitrogens with zero attached hydrogens (tertiary/aromatic N) is 1. The highest BCUT2D eigenvalue weighted by molar-refractivity contribution is 5.79. The Morgan fingerprint density at radius 3 is 2.20 bits per heavy atom. The number of aliphatic carboxylic acids is 1. The number of amides is 1. The molecule has 0 unspecified atom stereocenters. The zero-order valence-electron chi connectivity index (χ0n) is 13.7. The van der Waals surface area contributed by atoms with E-state index in [1.165, 1.54) is 16.0 Å². The zero-order valence-corrected chi connectivity index (χ0v) is 13.7. The number of hydrogen-bond acceptors (Lipinski definition) is 4. The molecule has 1 aliphatic carbocycles. The van der Waals surface area contributed by atoms with Gasteiger partial charge in [-0.05, 0) is 28.7 Å². The standard InChI is InChI=1S/C20H19NO4/c22-19(23)13-9-10-21(11-13)20(24)25-12-18-16-7-3-1-5-14(16)15-6-2-4-8-17(15)18/h1-8,13,18H,9-12H2,(H,22,23)/p-1/t13-/m0/s1. The molecule has 4 rings (SSSR count). The highest BCUT2D eigenvalue weighted by Gasteiger charge is 2.31. The van der Waals surface area contributed by atoms with Gasteiger partial charge in [-0.2, -0.15) is 0 Å². The average molecular weight is 336 g/mol. The molecule has 1 saturated heterocycles. The van der Waals surface area contributed by atoms with Crippen molar-refractivity contribution in [3.63, 3.8) is 0 Å². The van der Waals surface area contributed by atoms with Gasteiger partial charge in [0.2, 0.25) is 0 Å². The number of carbonyl (C=O) groups excluding carboxylic acids is 2. The van der Waals surface area contributed by atoms with Crippen molar-refractivity contribution in [1.29, 1.82) is 0 Å². The number of ether oxygens (including phenoxy) is 1. The van der Waals surface area contributed by atoms with Gasteiger partial charge < -0.3 is 19.5 Å². The van der Waals surface area contributed by atoms with Gasteiger partial charge in [-0.3, -0.25) is 0 Å². The van der Waals surface area contributed by atoms with Crippen molar-refractivity contribution in [2.75, 3.05) is 19.7 Å². The van der Waals surface area contributed by atoms with E-state index in [1.54, 1.807) is 0 Å². The number of carboxylic acid groups (broad SMARTS) is 1. The molecule has 0 saturated carbocycles. The van der Waals surface area contributed by atoms with E-state index in [1.807, 2.05) is 24.3 Å². The van der Waals surface area contributed by atoms with Crippen LogP contribution in [0, 0.1) is 5.92 Å². The second-order valence-electron chi connectivity index (χ2n) is 6.55. The molecule has 25 heavy (non-hydrogen) atoms. The first kappa shape index (κ1) is 15.7. The molecule has 0 bridgehead atoms. The van der Waals surface area contributed by atoms with E-state index >= 15 is 0 Å². The predicted molar refractivity (Wildman–Crippen MR) is 89.8 cm³/mol. The van der Waals surface area contributed by atoms with E-state index in [0.717, 1.165) is 11.1 Å². The summed E-state index contributed by atoms with van der Waals surface area (Å²) in [5.74, 6) is -1.69. The van der Waals surface area contributed by atoms with Crippen molar-refractivity contribution in [2.45, 2.75) is 12.3 Å². The Morgan fingerprint density at radius 2 is 1.64 bits per heavy atom. The highest BCUT2D eigenvalue weighted by atomic mass is 16.6. The Hall–Kier alpha value is -2.82. The fourth-order valence-corrected chi connectivity index (χ4v) is 3.80. The summed E-state index contributed by atoms with van der Waals surface area (Å²) in [6.45, 7) is 0.813. The summed E-state index contributed by atoms with van der Waals surface area (Å²) in [5.41, 5.74) is 4.67. The molecule has 1 fully saturated rings. The minimum absolute atomic E-state index is 0.0101. The fourth-order valence-electron chi connectivity index (χ4n) is 3.80. The van der Waals surface area contributed by atoms with Crippen molar-refractivity contribution < 1.29 is 19.4 Å². The molecule has 2 aromatic rings. The lowest BCUT2D eigenvalue weighted by molar-refractivity contribution is -0.310. The van der Waals surface area contributed by atoms with Crippen molar-refractivity contribution in [3.05, 3.63) is 59.7 Å². The summed E-state index contributed by atoms with van der Waals surface area (Å²) < 4.78 is 5.53. The summed E-state index contributed by atoms with van der Waals surface area (Å²) in [4.78, 5) is 24.7. The predicted octanol–water partition coefficient (Wildman–Crippen LogP) is 2.01. The van der Waals surface area contributed by atoms with Crippen molar-refractivity contribution in [3.8, 4) is 11.1 Å². The van der Waals surface area contributed by atoms with E-state index in [2.05, 4.69) is 24.3 Å². The van der Waals surface area contributed by atoms with Gasteiger partial charge in [-0.1, -0.05) is 48.5 Å². The molecule has 5 nitrogen and oxygen atoms in total. The Bertz CT molecular complexity index is 786. The van der Waals surface area contributed by atoms with Crippen molar-refractivity contribution >= 4 is 12.1 Å². The second kappa shape index (κ2) is 6.24. The number of likely N-dealkylation sites (tertiary alicyclic amines) is 1. The number of carbonyl (C=O) groups is 2. The van der Waals surface area contributed by atoms with E-state index in [9.17, 15) is 14.7 Å². The zero-order chi connectivity index (χ0) is 17.4. The molecule has 1 atom stereocenters. The van der Waals surface area contributed by atoms with Crippen LogP contribution in [0.25, 0.3) is 11.1 Å². The molecule has 1 aliphatic heterocycles. The minimum atomic E-state index is -1.10. The van der Waals surface area contributed by atoms with Gasteiger partial charge in [-0.25, -0.2) is 4.79 Å². The Labute approximate surface area is 145 Å². The molecule has 0 aromatic heterocycles. The van der Waals surface area contributed by atoms with Gasteiger partial charge in [0.25, 0.3) is 0 Å². The molecule has 5 heteroatoms. The van der Waals surface area contributed by atoms with Crippen LogP contribution in [0.1, 0.15) is 23.5 Å². The lowest BCUT2D eigenvalue weighted by atomic mass is 9.98. The molecule has 0 N–H and O–H groups in total. The van der Waals surface area contributed by atoms with Gasteiger partial charge in [0.15, 0.2) is 0 Å². The maximum Gasteiger partial charge on any atom is 0.409 e. The summed E-state index contributed by atoms with van der Waals surface area (Å²) in [6, 6.07) is 16.3. The molecule has 128 valence electrons. The molecular weight excluding hydrogens is 318 g/mol. The highest BCUT2D eigenvalue weighted by Crippen LogP contribution is 2.44. The third-order valence-electron chi connectivity index (χ3n) is 5.12. The number of carboxylic acids is 1. The van der Waals surface area contributed by atoms with Crippen LogP contribution in [0.4, 0.5) is 4.79 Å². The Balaban J connectivity index is 1.48. The number of rotatable bonds is 3. The van der Waals surface area contributed by atoms with Crippen molar-refractivity contribution in [1.82, 2.24) is 4.90 Å². The van der Waals surface area contributed by atoms with Crippen molar-refractivity contribution in [2.24, 2.45) is 5.92 Å². The maximum atomic E-state index is 12.3. The van der Waals surface area contributed by atoms with Crippen LogP contribution in [0.3, 0.4) is 0 Å². The Kier molecular flexibility index (Phi) is 3.92. The topological polar surface area (TPSA) is 69.7 Å². The third-order valence-corrected chi connectivity index (χ3v) is 5.12. The molecule has 2 aromatic carbocycles. The van der Waals surface area contributed by atoms with Gasteiger partial charge in [0, 0.05) is 30.9 Å². The smallest absolute Gasteiger partial charge is 0.409 e. The fraction of sp³-hybridized carbons (Fsp3) is 0.300. The van der Waals surface area contributed by atoms with E-state index < -0.39 is 18.0 Å². The number of hydrogen-bond donors (Lipinski definition) is 0. The summed E-state index contributed by atoms with van der Waals surface area (Å²) in [6.07, 6.45) is -0.0300. The van der Waals surface area contributed by atoms with E-state index in [0.29, 0.717) is 13.0 Å². The lowest BCUT2D eigenvalue weighted by Gasteiger charge is -2.19. The van der Waals surface area contributed by atoms with Gasteiger partial charge >= 0.3 is 6.09 Å². The molecule has 0 radical (unpaired) electrons. The van der Waals surface area contributed by atoms with E-state index in [4.69, 9.17) is 4.74 Å². The van der Waals surface area contributed by atoms with Crippen LogP contribution in [-0.4, -0.2) is 36.7 Å². The molecule has 1 heterocycles. The van der Waals surface area contributed by atoms with Crippen LogP contribution in [0.5, 0.6) is 0 Å². The van der Waals surface area contributed by atoms with Crippen LogP contribution in [0.15, 0.2) is 48.5 Å². The van der Waals surface area contributed by atoms with Gasteiger partial charge in [0.1, 0.15) is 6.61 Å².